The number of aromatic hydroxyl groups is 1. The Morgan fingerprint density at radius 1 is 1.24 bits per heavy atom. The summed E-state index contributed by atoms with van der Waals surface area (Å²) in [5.74, 6) is 0.766. The maximum Gasteiger partial charge on any atom is 0.226 e. The quantitative estimate of drug-likeness (QED) is 0.862. The normalized spacial score (nSPS) is 11.6. The molecule has 1 N–H and O–H groups in total. The van der Waals surface area contributed by atoms with Gasteiger partial charge >= 0.3 is 0 Å². The first kappa shape index (κ1) is 15.7. The highest BCUT2D eigenvalue weighted by molar-refractivity contribution is 7.98. The molecule has 2 rings (SSSR count). The first-order valence-electron chi connectivity index (χ1n) is 6.82. The summed E-state index contributed by atoms with van der Waals surface area (Å²) in [5.41, 5.74) is 2.18. The molecule has 0 saturated carbocycles. The van der Waals surface area contributed by atoms with E-state index in [1.165, 1.54) is 22.1 Å². The summed E-state index contributed by atoms with van der Waals surface area (Å²) >= 11 is 1.63. The van der Waals surface area contributed by atoms with Gasteiger partial charge in [0.1, 0.15) is 12.0 Å². The van der Waals surface area contributed by atoms with Crippen molar-refractivity contribution >= 4 is 11.8 Å². The standard InChI is InChI=1S/C17H20O3S/c1-11-5-6-12(17(2,3)4)7-16(11)21-10-13-8-14(18)15(19)9-20-13/h5-9,19H,10H2,1-4H3. The predicted octanol–water partition coefficient (Wildman–Crippen LogP) is 4.24. The lowest BCUT2D eigenvalue weighted by Gasteiger charge is -2.20. The average Bonchev–Trinajstić information content (AvgIpc) is 2.40. The van der Waals surface area contributed by atoms with Crippen LogP contribution in [0.25, 0.3) is 0 Å². The molecule has 0 spiro atoms. The van der Waals surface area contributed by atoms with Gasteiger partial charge in [0.2, 0.25) is 5.43 Å². The van der Waals surface area contributed by atoms with Gasteiger partial charge in [-0.1, -0.05) is 32.9 Å². The van der Waals surface area contributed by atoms with Crippen LogP contribution in [-0.2, 0) is 11.2 Å². The highest BCUT2D eigenvalue weighted by atomic mass is 32.2. The van der Waals surface area contributed by atoms with Crippen molar-refractivity contribution in [2.24, 2.45) is 0 Å². The SMILES string of the molecule is Cc1ccc(C(C)(C)C)cc1SCc1cc(=O)c(O)co1. The van der Waals surface area contributed by atoms with Crippen molar-refractivity contribution in [3.63, 3.8) is 0 Å². The topological polar surface area (TPSA) is 50.4 Å². The molecule has 0 atom stereocenters. The number of rotatable bonds is 3. The minimum absolute atomic E-state index is 0.105. The van der Waals surface area contributed by atoms with Crippen molar-refractivity contribution < 1.29 is 9.52 Å². The second-order valence-electron chi connectivity index (χ2n) is 6.11. The summed E-state index contributed by atoms with van der Waals surface area (Å²) in [7, 11) is 0. The zero-order valence-corrected chi connectivity index (χ0v) is 13.6. The van der Waals surface area contributed by atoms with E-state index in [0.717, 1.165) is 6.26 Å². The van der Waals surface area contributed by atoms with Gasteiger partial charge in [0, 0.05) is 11.0 Å². The summed E-state index contributed by atoms with van der Waals surface area (Å²) in [4.78, 5) is 12.6. The maximum absolute atomic E-state index is 11.4. The van der Waals surface area contributed by atoms with Gasteiger partial charge in [-0.15, -0.1) is 11.8 Å². The van der Waals surface area contributed by atoms with E-state index in [1.54, 1.807) is 11.8 Å². The average molecular weight is 304 g/mol. The predicted molar refractivity (Wildman–Crippen MR) is 86.1 cm³/mol. The molecule has 0 aliphatic heterocycles. The molecule has 0 unspecified atom stereocenters. The van der Waals surface area contributed by atoms with E-state index in [9.17, 15) is 9.90 Å². The molecule has 0 aliphatic rings. The Kier molecular flexibility index (Phi) is 4.47. The molecule has 1 aromatic carbocycles. The second-order valence-corrected chi connectivity index (χ2v) is 7.13. The fraction of sp³-hybridized carbons (Fsp3) is 0.353. The molecule has 0 bridgehead atoms. The van der Waals surface area contributed by atoms with Gasteiger partial charge in [-0.2, -0.15) is 0 Å². The van der Waals surface area contributed by atoms with Crippen molar-refractivity contribution in [2.75, 3.05) is 0 Å². The number of benzene rings is 1. The molecule has 0 amide bonds. The van der Waals surface area contributed by atoms with Crippen molar-refractivity contribution in [1.82, 2.24) is 0 Å². The maximum atomic E-state index is 11.4. The van der Waals surface area contributed by atoms with Crippen LogP contribution in [-0.4, -0.2) is 5.11 Å². The van der Waals surface area contributed by atoms with E-state index in [1.807, 2.05) is 0 Å². The third-order valence-electron chi connectivity index (χ3n) is 3.29. The van der Waals surface area contributed by atoms with Gasteiger partial charge < -0.3 is 9.52 Å². The number of hydrogen-bond acceptors (Lipinski definition) is 4. The molecule has 0 radical (unpaired) electrons. The Balaban J connectivity index is 2.19. The molecule has 3 nitrogen and oxygen atoms in total. The van der Waals surface area contributed by atoms with Crippen LogP contribution in [0.3, 0.4) is 0 Å². The van der Waals surface area contributed by atoms with Crippen molar-refractivity contribution in [3.8, 4) is 5.75 Å². The van der Waals surface area contributed by atoms with Gasteiger partial charge in [0.25, 0.3) is 0 Å². The van der Waals surface area contributed by atoms with Crippen molar-refractivity contribution in [2.45, 2.75) is 43.8 Å². The van der Waals surface area contributed by atoms with Crippen molar-refractivity contribution in [1.29, 1.82) is 0 Å². The lowest BCUT2D eigenvalue weighted by molar-refractivity contribution is 0.419. The van der Waals surface area contributed by atoms with Crippen LogP contribution < -0.4 is 5.43 Å². The molecule has 4 heteroatoms. The van der Waals surface area contributed by atoms with Gasteiger partial charge in [-0.05, 0) is 29.5 Å². The molecule has 2 aromatic rings. The van der Waals surface area contributed by atoms with Gasteiger partial charge in [0.05, 0.1) is 5.75 Å². The van der Waals surface area contributed by atoms with E-state index in [4.69, 9.17) is 4.42 Å². The fourth-order valence-corrected chi connectivity index (χ4v) is 2.85. The van der Waals surface area contributed by atoms with Crippen LogP contribution in [0.2, 0.25) is 0 Å². The van der Waals surface area contributed by atoms with Gasteiger partial charge in [-0.3, -0.25) is 4.79 Å². The Labute approximate surface area is 129 Å². The van der Waals surface area contributed by atoms with E-state index >= 15 is 0 Å². The van der Waals surface area contributed by atoms with Crippen LogP contribution in [0.4, 0.5) is 0 Å². The van der Waals surface area contributed by atoms with E-state index in [2.05, 4.69) is 45.9 Å². The zero-order valence-electron chi connectivity index (χ0n) is 12.8. The molecule has 21 heavy (non-hydrogen) atoms. The third kappa shape index (κ3) is 3.91. The van der Waals surface area contributed by atoms with Crippen LogP contribution in [0.5, 0.6) is 5.75 Å². The van der Waals surface area contributed by atoms with E-state index in [0.29, 0.717) is 11.5 Å². The lowest BCUT2D eigenvalue weighted by Crippen LogP contribution is -2.11. The Morgan fingerprint density at radius 3 is 2.57 bits per heavy atom. The first-order valence-corrected chi connectivity index (χ1v) is 7.80. The smallest absolute Gasteiger partial charge is 0.226 e. The highest BCUT2D eigenvalue weighted by Crippen LogP contribution is 2.31. The minimum Gasteiger partial charge on any atom is -0.502 e. The highest BCUT2D eigenvalue weighted by Gasteiger charge is 2.15. The summed E-state index contributed by atoms with van der Waals surface area (Å²) < 4.78 is 5.23. The molecule has 0 saturated heterocycles. The monoisotopic (exact) mass is 304 g/mol. The molecule has 1 heterocycles. The molecule has 0 fully saturated rings. The Bertz CT molecular complexity index is 696. The molecular weight excluding hydrogens is 284 g/mol. The number of thioether (sulfide) groups is 1. The molecule has 1 aromatic heterocycles. The third-order valence-corrected chi connectivity index (χ3v) is 4.47. The van der Waals surface area contributed by atoms with Crippen LogP contribution in [0.1, 0.15) is 37.7 Å². The minimum atomic E-state index is -0.406. The van der Waals surface area contributed by atoms with Gasteiger partial charge in [-0.25, -0.2) is 0 Å². The molecule has 0 aliphatic carbocycles. The second kappa shape index (κ2) is 5.98. The Hall–Kier alpha value is -1.68. The summed E-state index contributed by atoms with van der Waals surface area (Å²) in [6.45, 7) is 8.63. The van der Waals surface area contributed by atoms with Crippen LogP contribution in [0.15, 0.2) is 44.6 Å². The first-order chi connectivity index (χ1) is 9.77. The Morgan fingerprint density at radius 2 is 1.95 bits per heavy atom. The fourth-order valence-electron chi connectivity index (χ4n) is 1.89. The largest absolute Gasteiger partial charge is 0.502 e. The van der Waals surface area contributed by atoms with Crippen LogP contribution >= 0.6 is 11.8 Å². The number of aryl methyl sites for hydroxylation is 1. The van der Waals surface area contributed by atoms with E-state index < -0.39 is 5.43 Å². The summed E-state index contributed by atoms with van der Waals surface area (Å²) in [6.07, 6.45) is 1.09. The van der Waals surface area contributed by atoms with E-state index in [-0.39, 0.29) is 11.2 Å². The van der Waals surface area contributed by atoms with Crippen LogP contribution in [0, 0.1) is 6.92 Å². The van der Waals surface area contributed by atoms with Crippen molar-refractivity contribution in [3.05, 3.63) is 57.6 Å². The summed E-state index contributed by atoms with van der Waals surface area (Å²) in [5, 5.41) is 9.19. The molecular formula is C17H20O3S. The number of hydrogen-bond donors (Lipinski definition) is 1. The summed E-state index contributed by atoms with van der Waals surface area (Å²) in [6, 6.07) is 7.81. The molecule has 112 valence electrons. The zero-order chi connectivity index (χ0) is 15.6. The lowest BCUT2D eigenvalue weighted by atomic mass is 9.87. The van der Waals surface area contributed by atoms with Gasteiger partial charge in [0.15, 0.2) is 5.75 Å².